The number of rotatable bonds is 5. The molecule has 0 radical (unpaired) electrons. The molecule has 1 N–H and O–H groups in total. The molecule has 0 fully saturated rings. The topological polar surface area (TPSA) is 45.0 Å². The van der Waals surface area contributed by atoms with Gasteiger partial charge in [0.25, 0.3) is 0 Å². The van der Waals surface area contributed by atoms with Crippen LogP contribution in [0.2, 0.25) is 5.02 Å². The lowest BCUT2D eigenvalue weighted by Crippen LogP contribution is -2.15. The van der Waals surface area contributed by atoms with Crippen molar-refractivity contribution >= 4 is 11.6 Å². The molecule has 0 aromatic heterocycles. The number of nitrogens with zero attached hydrogens (tertiary/aromatic N) is 1. The normalized spacial score (nSPS) is 11.9. The summed E-state index contributed by atoms with van der Waals surface area (Å²) in [4.78, 5) is 0. The standard InChI is InChI=1S/C12H15ClN2O/c1-3-15-8-10-5-4-6-11(13)12(10)16-9(2)7-14/h4-6,9,15H,3,8H2,1-2H3. The first-order valence-corrected chi connectivity index (χ1v) is 5.61. The van der Waals surface area contributed by atoms with Crippen molar-refractivity contribution in [2.24, 2.45) is 0 Å². The smallest absolute Gasteiger partial charge is 0.181 e. The van der Waals surface area contributed by atoms with Crippen molar-refractivity contribution < 1.29 is 4.74 Å². The Hall–Kier alpha value is -1.24. The van der Waals surface area contributed by atoms with Gasteiger partial charge >= 0.3 is 0 Å². The van der Waals surface area contributed by atoms with Crippen LogP contribution in [0.15, 0.2) is 18.2 Å². The Bertz CT molecular complexity index is 387. The number of hydrogen-bond acceptors (Lipinski definition) is 3. The quantitative estimate of drug-likeness (QED) is 0.858. The third-order valence-electron chi connectivity index (χ3n) is 2.09. The Balaban J connectivity index is 2.90. The highest BCUT2D eigenvalue weighted by molar-refractivity contribution is 6.32. The number of benzene rings is 1. The molecule has 0 saturated carbocycles. The maximum absolute atomic E-state index is 8.72. The largest absolute Gasteiger partial charge is 0.474 e. The molecule has 0 aliphatic rings. The molecule has 1 rings (SSSR count). The molecule has 0 aliphatic heterocycles. The van der Waals surface area contributed by atoms with Crippen molar-refractivity contribution in [2.45, 2.75) is 26.5 Å². The van der Waals surface area contributed by atoms with Gasteiger partial charge in [-0.2, -0.15) is 5.26 Å². The van der Waals surface area contributed by atoms with Crippen molar-refractivity contribution in [3.63, 3.8) is 0 Å². The van der Waals surface area contributed by atoms with Crippen molar-refractivity contribution in [3.05, 3.63) is 28.8 Å². The van der Waals surface area contributed by atoms with E-state index in [1.165, 1.54) is 0 Å². The number of para-hydroxylation sites is 1. The zero-order valence-electron chi connectivity index (χ0n) is 9.46. The Morgan fingerprint density at radius 2 is 2.31 bits per heavy atom. The fourth-order valence-electron chi connectivity index (χ4n) is 1.29. The van der Waals surface area contributed by atoms with Crippen molar-refractivity contribution in [1.29, 1.82) is 5.26 Å². The summed E-state index contributed by atoms with van der Waals surface area (Å²) in [6.07, 6.45) is -0.500. The van der Waals surface area contributed by atoms with E-state index in [4.69, 9.17) is 21.6 Å². The summed E-state index contributed by atoms with van der Waals surface area (Å²) >= 11 is 6.05. The zero-order chi connectivity index (χ0) is 12.0. The van der Waals surface area contributed by atoms with Crippen LogP contribution in [0.3, 0.4) is 0 Å². The summed E-state index contributed by atoms with van der Waals surface area (Å²) in [7, 11) is 0. The average molecular weight is 239 g/mol. The van der Waals surface area contributed by atoms with E-state index < -0.39 is 6.10 Å². The molecule has 1 aromatic carbocycles. The third kappa shape index (κ3) is 3.41. The molecule has 1 aromatic rings. The molecule has 0 spiro atoms. The van der Waals surface area contributed by atoms with Crippen molar-refractivity contribution in [1.82, 2.24) is 5.32 Å². The van der Waals surface area contributed by atoms with Crippen LogP contribution in [0.25, 0.3) is 0 Å². The first-order chi connectivity index (χ1) is 7.69. The minimum absolute atomic E-state index is 0.500. The molecule has 16 heavy (non-hydrogen) atoms. The lowest BCUT2D eigenvalue weighted by atomic mass is 10.2. The van der Waals surface area contributed by atoms with Crippen molar-refractivity contribution in [3.8, 4) is 11.8 Å². The second-order valence-electron chi connectivity index (χ2n) is 3.40. The van der Waals surface area contributed by atoms with Gasteiger partial charge in [0.05, 0.1) is 5.02 Å². The molecule has 0 bridgehead atoms. The highest BCUT2D eigenvalue weighted by atomic mass is 35.5. The van der Waals surface area contributed by atoms with Crippen LogP contribution in [0, 0.1) is 11.3 Å². The summed E-state index contributed by atoms with van der Waals surface area (Å²) in [6, 6.07) is 7.60. The zero-order valence-corrected chi connectivity index (χ0v) is 10.2. The Morgan fingerprint density at radius 3 is 2.94 bits per heavy atom. The Morgan fingerprint density at radius 1 is 1.56 bits per heavy atom. The van der Waals surface area contributed by atoms with Gasteiger partial charge in [0.15, 0.2) is 6.10 Å². The summed E-state index contributed by atoms with van der Waals surface area (Å²) < 4.78 is 5.49. The van der Waals surface area contributed by atoms with Crippen LogP contribution in [0.4, 0.5) is 0 Å². The van der Waals surface area contributed by atoms with E-state index >= 15 is 0 Å². The summed E-state index contributed by atoms with van der Waals surface area (Å²) in [5, 5.41) is 12.5. The summed E-state index contributed by atoms with van der Waals surface area (Å²) in [5.74, 6) is 0.596. The number of hydrogen-bond donors (Lipinski definition) is 1. The summed E-state index contributed by atoms with van der Waals surface area (Å²) in [5.41, 5.74) is 0.969. The van der Waals surface area contributed by atoms with Gasteiger partial charge in [-0.25, -0.2) is 0 Å². The van der Waals surface area contributed by atoms with Crippen LogP contribution >= 0.6 is 11.6 Å². The van der Waals surface area contributed by atoms with Crippen LogP contribution in [-0.2, 0) is 6.54 Å². The number of halogens is 1. The molecule has 4 heteroatoms. The van der Waals surface area contributed by atoms with Crippen LogP contribution in [0.1, 0.15) is 19.4 Å². The molecule has 3 nitrogen and oxygen atoms in total. The van der Waals surface area contributed by atoms with Crippen LogP contribution in [-0.4, -0.2) is 12.6 Å². The van der Waals surface area contributed by atoms with Gasteiger partial charge in [-0.3, -0.25) is 0 Å². The minimum Gasteiger partial charge on any atom is -0.474 e. The third-order valence-corrected chi connectivity index (χ3v) is 2.39. The van der Waals surface area contributed by atoms with Gasteiger partial charge in [-0.05, 0) is 19.5 Å². The average Bonchev–Trinajstić information content (AvgIpc) is 2.29. The molecule has 0 saturated heterocycles. The fraction of sp³-hybridized carbons (Fsp3) is 0.417. The molecule has 0 aliphatic carbocycles. The number of nitriles is 1. The van der Waals surface area contributed by atoms with Crippen LogP contribution in [0.5, 0.6) is 5.75 Å². The van der Waals surface area contributed by atoms with Gasteiger partial charge in [0.2, 0.25) is 0 Å². The lowest BCUT2D eigenvalue weighted by Gasteiger charge is -2.14. The molecule has 86 valence electrons. The Kier molecular flexibility index (Phi) is 5.10. The van der Waals surface area contributed by atoms with Crippen molar-refractivity contribution in [2.75, 3.05) is 6.54 Å². The van der Waals surface area contributed by atoms with E-state index in [1.807, 2.05) is 25.1 Å². The molecule has 0 heterocycles. The van der Waals surface area contributed by atoms with E-state index in [2.05, 4.69) is 5.32 Å². The molecule has 1 unspecified atom stereocenters. The van der Waals surface area contributed by atoms with Gasteiger partial charge < -0.3 is 10.1 Å². The van der Waals surface area contributed by atoms with Crippen LogP contribution < -0.4 is 10.1 Å². The second-order valence-corrected chi connectivity index (χ2v) is 3.80. The van der Waals surface area contributed by atoms with E-state index in [-0.39, 0.29) is 0 Å². The van der Waals surface area contributed by atoms with E-state index in [0.717, 1.165) is 12.1 Å². The predicted molar refractivity (Wildman–Crippen MR) is 64.5 cm³/mol. The molecule has 0 amide bonds. The number of ether oxygens (including phenoxy) is 1. The summed E-state index contributed by atoms with van der Waals surface area (Å²) in [6.45, 7) is 5.29. The highest BCUT2D eigenvalue weighted by Crippen LogP contribution is 2.29. The highest BCUT2D eigenvalue weighted by Gasteiger charge is 2.11. The Labute approximate surface area is 101 Å². The van der Waals surface area contributed by atoms with E-state index in [9.17, 15) is 0 Å². The minimum atomic E-state index is -0.500. The fourth-order valence-corrected chi connectivity index (χ4v) is 1.53. The molecular weight excluding hydrogens is 224 g/mol. The monoisotopic (exact) mass is 238 g/mol. The van der Waals surface area contributed by atoms with Gasteiger partial charge in [-0.15, -0.1) is 0 Å². The van der Waals surface area contributed by atoms with Gasteiger partial charge in [0, 0.05) is 12.1 Å². The SMILES string of the molecule is CCNCc1cccc(Cl)c1OC(C)C#N. The van der Waals surface area contributed by atoms with E-state index in [1.54, 1.807) is 13.0 Å². The maximum Gasteiger partial charge on any atom is 0.181 e. The first kappa shape index (κ1) is 12.8. The second kappa shape index (κ2) is 6.37. The molecule has 1 atom stereocenters. The molecular formula is C12H15ClN2O. The van der Waals surface area contributed by atoms with Gasteiger partial charge in [0.1, 0.15) is 11.8 Å². The predicted octanol–water partition coefficient (Wildman–Crippen LogP) is 2.74. The maximum atomic E-state index is 8.72. The lowest BCUT2D eigenvalue weighted by molar-refractivity contribution is 0.273. The van der Waals surface area contributed by atoms with E-state index in [0.29, 0.717) is 17.3 Å². The first-order valence-electron chi connectivity index (χ1n) is 5.23. The number of nitrogens with one attached hydrogen (secondary N) is 1. The van der Waals surface area contributed by atoms with Gasteiger partial charge in [-0.1, -0.05) is 30.7 Å².